The SMILES string of the molecule is NS(=O)(=O)CS(=O)(=O)O.NS(=O)(=O)S(N)(=O)=O.[Y]. The summed E-state index contributed by atoms with van der Waals surface area (Å²) >= 11 is 0. The van der Waals surface area contributed by atoms with Gasteiger partial charge in [0.25, 0.3) is 10.1 Å². The van der Waals surface area contributed by atoms with Crippen LogP contribution in [0.25, 0.3) is 0 Å². The molecule has 0 aliphatic carbocycles. The van der Waals surface area contributed by atoms with Crippen LogP contribution in [-0.4, -0.2) is 43.3 Å². The van der Waals surface area contributed by atoms with Crippen molar-refractivity contribution in [2.45, 2.75) is 0 Å². The monoisotopic (exact) mass is 424 g/mol. The normalized spacial score (nSPS) is 12.9. The first-order valence-corrected chi connectivity index (χ1v) is 9.90. The third-order valence-corrected chi connectivity index (χ3v) is 5.73. The fraction of sp³-hybridized carbons (Fsp3) is 1.00. The van der Waals surface area contributed by atoms with Crippen molar-refractivity contribution in [1.29, 1.82) is 0 Å². The molecule has 0 aromatic heterocycles. The zero-order chi connectivity index (χ0) is 14.7. The van der Waals surface area contributed by atoms with Crippen molar-refractivity contribution in [3.63, 3.8) is 0 Å². The number of rotatable bonds is 3. The van der Waals surface area contributed by atoms with Gasteiger partial charge in [0.15, 0.2) is 5.08 Å². The molecule has 0 rings (SSSR count). The fourth-order valence-electron chi connectivity index (χ4n) is 0.208. The van der Waals surface area contributed by atoms with Crippen LogP contribution in [0.1, 0.15) is 0 Å². The second-order valence-electron chi connectivity index (χ2n) is 2.35. The van der Waals surface area contributed by atoms with Gasteiger partial charge in [-0.05, 0) is 0 Å². The molecule has 0 aromatic rings. The molecule has 7 N–H and O–H groups in total. The van der Waals surface area contributed by atoms with Gasteiger partial charge < -0.3 is 0 Å². The Morgan fingerprint density at radius 3 is 0.944 bits per heavy atom. The van der Waals surface area contributed by atoms with E-state index in [1.807, 2.05) is 0 Å². The third kappa shape index (κ3) is 16.7. The second-order valence-corrected chi connectivity index (χ2v) is 10.5. The molecular formula is CH9N3O9S4Y. The molecule has 0 fully saturated rings. The van der Waals surface area contributed by atoms with Gasteiger partial charge in [-0.15, -0.1) is 0 Å². The van der Waals surface area contributed by atoms with Crippen molar-refractivity contribution in [1.82, 2.24) is 0 Å². The van der Waals surface area contributed by atoms with Gasteiger partial charge in [-0.1, -0.05) is 0 Å². The van der Waals surface area contributed by atoms with Gasteiger partial charge in [0, 0.05) is 32.7 Å². The van der Waals surface area contributed by atoms with Crippen molar-refractivity contribution in [3.05, 3.63) is 0 Å². The zero-order valence-electron chi connectivity index (χ0n) is 8.36. The first-order valence-electron chi connectivity index (χ1n) is 2.97. The van der Waals surface area contributed by atoms with E-state index in [0.29, 0.717) is 0 Å². The summed E-state index contributed by atoms with van der Waals surface area (Å²) in [5, 5.41) is 11.0. The Balaban J connectivity index is -0.000000238. The molecule has 0 aliphatic heterocycles. The number of primary sulfonamides is 1. The summed E-state index contributed by atoms with van der Waals surface area (Å²) in [6.07, 6.45) is 0. The number of nitrogens with two attached hydrogens (primary N) is 3. The van der Waals surface area contributed by atoms with E-state index in [1.165, 1.54) is 0 Å². The molecule has 0 aromatic carbocycles. The Morgan fingerprint density at radius 1 is 0.722 bits per heavy atom. The molecule has 17 heteroatoms. The van der Waals surface area contributed by atoms with E-state index >= 15 is 0 Å². The molecule has 0 bridgehead atoms. The summed E-state index contributed by atoms with van der Waals surface area (Å²) in [5.41, 5.74) is 0. The summed E-state index contributed by atoms with van der Waals surface area (Å²) in [4.78, 5) is 0. The van der Waals surface area contributed by atoms with Crippen molar-refractivity contribution in [2.24, 2.45) is 15.4 Å². The van der Waals surface area contributed by atoms with E-state index in [2.05, 4.69) is 15.4 Å². The summed E-state index contributed by atoms with van der Waals surface area (Å²) in [6.45, 7) is 0. The Labute approximate surface area is 128 Å². The van der Waals surface area contributed by atoms with Crippen molar-refractivity contribution in [3.8, 4) is 0 Å². The van der Waals surface area contributed by atoms with Crippen LogP contribution >= 0.6 is 0 Å². The average Bonchev–Trinajstić information content (AvgIpc) is 1.71. The van der Waals surface area contributed by atoms with Gasteiger partial charge in [0.2, 0.25) is 10.0 Å². The Kier molecular flexibility index (Phi) is 9.93. The van der Waals surface area contributed by atoms with E-state index in [4.69, 9.17) is 4.55 Å². The van der Waals surface area contributed by atoms with Crippen molar-refractivity contribution in [2.75, 3.05) is 5.08 Å². The predicted octanol–water partition coefficient (Wildman–Crippen LogP) is -4.40. The number of hydrogen-bond donors (Lipinski definition) is 4. The van der Waals surface area contributed by atoms with Gasteiger partial charge in [-0.3, -0.25) is 4.55 Å². The van der Waals surface area contributed by atoms with Crippen LogP contribution in [0.15, 0.2) is 0 Å². The van der Waals surface area contributed by atoms with Crippen LogP contribution in [0.4, 0.5) is 0 Å². The minimum atomic E-state index is -4.59. The van der Waals surface area contributed by atoms with E-state index < -0.39 is 43.3 Å². The minimum Gasteiger partial charge on any atom is -0.285 e. The molecular weight excluding hydrogens is 415 g/mol. The molecule has 0 amide bonds. The predicted molar refractivity (Wildman–Crippen MR) is 55.7 cm³/mol. The summed E-state index contributed by atoms with van der Waals surface area (Å²) in [6, 6.07) is 0. The molecule has 12 nitrogen and oxygen atoms in total. The summed E-state index contributed by atoms with van der Waals surface area (Å²) in [7, 11) is -17.8. The van der Waals surface area contributed by atoms with Crippen molar-refractivity contribution < 1.29 is 70.9 Å². The number of hydrogen-bond acceptors (Lipinski definition) is 8. The maximum Gasteiger partial charge on any atom is 0.328 e. The molecule has 0 spiro atoms. The maximum absolute atomic E-state index is 9.89. The van der Waals surface area contributed by atoms with Gasteiger partial charge in [0.05, 0.1) is 0 Å². The van der Waals surface area contributed by atoms with Gasteiger partial charge in [-0.25, -0.2) is 23.8 Å². The number of sulfonamides is 1. The minimum absolute atomic E-state index is 0. The average molecular weight is 424 g/mol. The Bertz CT molecular complexity index is 593. The summed E-state index contributed by atoms with van der Waals surface area (Å²) in [5.74, 6) is 0. The molecule has 0 atom stereocenters. The summed E-state index contributed by atoms with van der Waals surface area (Å²) < 4.78 is 86.0. The molecule has 0 saturated carbocycles. The van der Waals surface area contributed by atoms with Crippen molar-refractivity contribution >= 4 is 38.3 Å². The zero-order valence-corrected chi connectivity index (χ0v) is 14.5. The molecule has 0 aliphatic rings. The molecule has 0 saturated heterocycles. The van der Waals surface area contributed by atoms with E-state index in [-0.39, 0.29) is 32.7 Å². The largest absolute Gasteiger partial charge is 0.328 e. The molecule has 1 radical (unpaired) electrons. The van der Waals surface area contributed by atoms with E-state index in [0.717, 1.165) is 0 Å². The molecule has 18 heavy (non-hydrogen) atoms. The van der Waals surface area contributed by atoms with E-state index in [1.54, 1.807) is 0 Å². The smallest absolute Gasteiger partial charge is 0.285 e. The van der Waals surface area contributed by atoms with Crippen LogP contribution in [-0.2, 0) is 71.0 Å². The van der Waals surface area contributed by atoms with Crippen LogP contribution in [0.5, 0.6) is 0 Å². The van der Waals surface area contributed by atoms with Gasteiger partial charge in [0.1, 0.15) is 0 Å². The van der Waals surface area contributed by atoms with Gasteiger partial charge in [-0.2, -0.15) is 25.3 Å². The van der Waals surface area contributed by atoms with Crippen LogP contribution < -0.4 is 15.4 Å². The quantitative estimate of drug-likeness (QED) is 0.252. The van der Waals surface area contributed by atoms with Crippen LogP contribution in [0.2, 0.25) is 0 Å². The first-order chi connectivity index (χ1) is 6.96. The first kappa shape index (κ1) is 23.8. The molecule has 0 heterocycles. The molecule has 0 unspecified atom stereocenters. The molecule has 109 valence electrons. The standard InChI is InChI=1S/CH5NO5S2.H4N2O4S2.Y/c2-8(3,4)1-9(5,6)7;1-7(3,4)8(2,5)6;/h1H2,(H2,2,3,4)(H,5,6,7);(H2,1,3,4)(H2,2,5,6);. The third-order valence-electron chi connectivity index (χ3n) is 0.637. The van der Waals surface area contributed by atoms with Gasteiger partial charge >= 0.3 is 18.1 Å². The maximum atomic E-state index is 9.89. The second kappa shape index (κ2) is 7.51. The Hall–Kier alpha value is 0.744. The van der Waals surface area contributed by atoms with E-state index in [9.17, 15) is 33.7 Å². The van der Waals surface area contributed by atoms with Crippen LogP contribution in [0, 0.1) is 0 Å². The topological polar surface area (TPSA) is 235 Å². The van der Waals surface area contributed by atoms with Crippen LogP contribution in [0.3, 0.4) is 0 Å². The fourth-order valence-corrected chi connectivity index (χ4v) is 1.87. The Morgan fingerprint density at radius 2 is 0.944 bits per heavy atom.